The minimum absolute atomic E-state index is 0.235. The number of anilines is 1. The first-order valence-electron chi connectivity index (χ1n) is 4.63. The highest BCUT2D eigenvalue weighted by Crippen LogP contribution is 2.33. The molecule has 0 aliphatic rings. The van der Waals surface area contributed by atoms with Crippen LogP contribution in [0.1, 0.15) is 10.4 Å². The summed E-state index contributed by atoms with van der Waals surface area (Å²) >= 11 is 12.0. The molecule has 1 rings (SSSR count). The summed E-state index contributed by atoms with van der Waals surface area (Å²) in [4.78, 5) is 16.7. The molecule has 0 fully saturated rings. The fraction of sp³-hybridized carbons (Fsp3) is 0.200. The highest BCUT2D eigenvalue weighted by atomic mass is 35.5. The van der Waals surface area contributed by atoms with E-state index in [0.29, 0.717) is 15.7 Å². The van der Waals surface area contributed by atoms with Crippen molar-refractivity contribution in [2.75, 3.05) is 19.0 Å². The lowest BCUT2D eigenvalue weighted by molar-refractivity contribution is 0.100. The van der Waals surface area contributed by atoms with Gasteiger partial charge in [0, 0.05) is 19.7 Å². The number of guanidine groups is 1. The Morgan fingerprint density at radius 3 is 2.06 bits per heavy atom. The van der Waals surface area contributed by atoms with E-state index in [1.165, 1.54) is 12.1 Å². The van der Waals surface area contributed by atoms with Crippen LogP contribution in [0.15, 0.2) is 17.1 Å². The lowest BCUT2D eigenvalue weighted by atomic mass is 10.2. The minimum atomic E-state index is -0.584. The second kappa shape index (κ2) is 5.25. The second-order valence-corrected chi connectivity index (χ2v) is 4.34. The maximum Gasteiger partial charge on any atom is 0.280 e. The van der Waals surface area contributed by atoms with Gasteiger partial charge in [-0.25, -0.2) is 0 Å². The topological polar surface area (TPSA) is 84.7 Å². The summed E-state index contributed by atoms with van der Waals surface area (Å²) in [5.41, 5.74) is 11.1. The lowest BCUT2D eigenvalue weighted by Crippen LogP contribution is -2.24. The number of rotatable bonds is 2. The van der Waals surface area contributed by atoms with E-state index in [2.05, 4.69) is 4.99 Å². The molecule has 0 spiro atoms. The lowest BCUT2D eigenvalue weighted by Gasteiger charge is -2.16. The van der Waals surface area contributed by atoms with Gasteiger partial charge in [-0.05, 0) is 12.1 Å². The third kappa shape index (κ3) is 3.25. The molecule has 0 radical (unpaired) electrons. The zero-order valence-corrected chi connectivity index (χ0v) is 10.9. The quantitative estimate of drug-likeness (QED) is 0.632. The Hall–Kier alpha value is -1.46. The normalized spacial score (nSPS) is 9.88. The summed E-state index contributed by atoms with van der Waals surface area (Å²) in [7, 11) is 3.59. The Morgan fingerprint density at radius 2 is 1.71 bits per heavy atom. The average Bonchev–Trinajstić information content (AvgIpc) is 2.14. The molecule has 0 unspecified atom stereocenters. The van der Waals surface area contributed by atoms with Gasteiger partial charge in [-0.15, -0.1) is 0 Å². The number of nitrogens with zero attached hydrogens (tertiary/aromatic N) is 2. The van der Waals surface area contributed by atoms with Gasteiger partial charge in [0.15, 0.2) is 5.96 Å². The van der Waals surface area contributed by atoms with Crippen molar-refractivity contribution in [3.05, 3.63) is 27.7 Å². The van der Waals surface area contributed by atoms with Crippen LogP contribution in [0.5, 0.6) is 0 Å². The fourth-order valence-electron chi connectivity index (χ4n) is 1.30. The van der Waals surface area contributed by atoms with E-state index in [0.717, 1.165) is 0 Å². The fourth-order valence-corrected chi connectivity index (χ4v) is 2.12. The molecule has 1 amide bonds. The zero-order chi connectivity index (χ0) is 13.2. The molecule has 7 heteroatoms. The first-order chi connectivity index (χ1) is 7.82. The molecule has 92 valence electrons. The SMILES string of the molecule is CN(C)c1c(Cl)cc(C(=O)N=C(N)N)cc1Cl. The van der Waals surface area contributed by atoms with Gasteiger partial charge in [0.1, 0.15) is 0 Å². The van der Waals surface area contributed by atoms with Crippen LogP contribution in [0.2, 0.25) is 10.0 Å². The summed E-state index contributed by atoms with van der Waals surface area (Å²) in [6, 6.07) is 2.94. The van der Waals surface area contributed by atoms with E-state index in [4.69, 9.17) is 34.7 Å². The summed E-state index contributed by atoms with van der Waals surface area (Å²) in [6.07, 6.45) is 0. The molecule has 1 aromatic rings. The number of aliphatic imine (C=N–C) groups is 1. The largest absolute Gasteiger partial charge is 0.375 e. The first kappa shape index (κ1) is 13.6. The number of hydrogen-bond acceptors (Lipinski definition) is 2. The molecule has 0 saturated carbocycles. The van der Waals surface area contributed by atoms with Crippen LogP contribution < -0.4 is 16.4 Å². The van der Waals surface area contributed by atoms with Crippen molar-refractivity contribution >= 4 is 40.8 Å². The maximum atomic E-state index is 11.6. The minimum Gasteiger partial charge on any atom is -0.375 e. The summed E-state index contributed by atoms with van der Waals surface area (Å²) in [5.74, 6) is -0.891. The molecular weight excluding hydrogens is 263 g/mol. The van der Waals surface area contributed by atoms with Crippen LogP contribution >= 0.6 is 23.2 Å². The van der Waals surface area contributed by atoms with Gasteiger partial charge in [-0.3, -0.25) is 4.79 Å². The Kier molecular flexibility index (Phi) is 4.20. The molecule has 1 aromatic carbocycles. The van der Waals surface area contributed by atoms with E-state index < -0.39 is 5.91 Å². The van der Waals surface area contributed by atoms with Gasteiger partial charge >= 0.3 is 0 Å². The summed E-state index contributed by atoms with van der Waals surface area (Å²) in [6.45, 7) is 0. The van der Waals surface area contributed by atoms with Gasteiger partial charge < -0.3 is 16.4 Å². The molecule has 17 heavy (non-hydrogen) atoms. The first-order valence-corrected chi connectivity index (χ1v) is 5.39. The van der Waals surface area contributed by atoms with Crippen LogP contribution in [-0.4, -0.2) is 26.0 Å². The highest BCUT2D eigenvalue weighted by molar-refractivity contribution is 6.39. The monoisotopic (exact) mass is 274 g/mol. The van der Waals surface area contributed by atoms with Gasteiger partial charge in [0.2, 0.25) is 0 Å². The third-order valence-electron chi connectivity index (χ3n) is 1.94. The van der Waals surface area contributed by atoms with Crippen LogP contribution in [0.3, 0.4) is 0 Å². The number of carbonyl (C=O) groups excluding carboxylic acids is 1. The van der Waals surface area contributed by atoms with Gasteiger partial charge in [0.25, 0.3) is 5.91 Å². The van der Waals surface area contributed by atoms with Crippen LogP contribution in [0.4, 0.5) is 5.69 Å². The predicted molar refractivity (Wildman–Crippen MR) is 70.9 cm³/mol. The van der Waals surface area contributed by atoms with Crippen molar-refractivity contribution < 1.29 is 4.79 Å². The van der Waals surface area contributed by atoms with Crippen molar-refractivity contribution in [1.82, 2.24) is 0 Å². The van der Waals surface area contributed by atoms with Crippen molar-refractivity contribution in [3.8, 4) is 0 Å². The van der Waals surface area contributed by atoms with E-state index in [9.17, 15) is 4.79 Å². The molecule has 5 nitrogen and oxygen atoms in total. The van der Waals surface area contributed by atoms with Gasteiger partial charge in [-0.1, -0.05) is 23.2 Å². The number of halogens is 2. The molecule has 0 heterocycles. The molecule has 0 aromatic heterocycles. The van der Waals surface area contributed by atoms with Crippen LogP contribution in [-0.2, 0) is 0 Å². The molecule has 0 aliphatic heterocycles. The van der Waals surface area contributed by atoms with Gasteiger partial charge in [-0.2, -0.15) is 4.99 Å². The number of carbonyl (C=O) groups is 1. The number of hydrogen-bond donors (Lipinski definition) is 2. The molecule has 0 saturated heterocycles. The van der Waals surface area contributed by atoms with E-state index in [1.807, 2.05) is 0 Å². The van der Waals surface area contributed by atoms with E-state index in [1.54, 1.807) is 19.0 Å². The van der Waals surface area contributed by atoms with Crippen molar-refractivity contribution in [2.24, 2.45) is 16.5 Å². The second-order valence-electron chi connectivity index (χ2n) is 3.52. The Bertz CT molecular complexity index is 458. The van der Waals surface area contributed by atoms with E-state index in [-0.39, 0.29) is 11.5 Å². The maximum absolute atomic E-state index is 11.6. The predicted octanol–water partition coefficient (Wildman–Crippen LogP) is 1.47. The third-order valence-corrected chi connectivity index (χ3v) is 2.52. The molecule has 0 bridgehead atoms. The van der Waals surface area contributed by atoms with Crippen LogP contribution in [0.25, 0.3) is 0 Å². The Labute approximate surface area is 109 Å². The van der Waals surface area contributed by atoms with Crippen molar-refractivity contribution in [2.45, 2.75) is 0 Å². The molecular formula is C10H12Cl2N4O. The number of nitrogens with two attached hydrogens (primary N) is 2. The number of benzene rings is 1. The van der Waals surface area contributed by atoms with Crippen molar-refractivity contribution in [1.29, 1.82) is 0 Å². The van der Waals surface area contributed by atoms with E-state index >= 15 is 0 Å². The summed E-state index contributed by atoms with van der Waals surface area (Å²) in [5, 5.41) is 0.716. The number of amides is 1. The molecule has 0 atom stereocenters. The molecule has 0 aliphatic carbocycles. The Balaban J connectivity index is 3.24. The smallest absolute Gasteiger partial charge is 0.280 e. The summed E-state index contributed by atoms with van der Waals surface area (Å²) < 4.78 is 0. The molecule has 4 N–H and O–H groups in total. The van der Waals surface area contributed by atoms with Crippen molar-refractivity contribution in [3.63, 3.8) is 0 Å². The zero-order valence-electron chi connectivity index (χ0n) is 9.37. The standard InChI is InChI=1S/C10H12Cl2N4O/c1-16(2)8-6(11)3-5(4-7(8)12)9(17)15-10(13)14/h3-4H,1-2H3,(H4,13,14,15,17). The highest BCUT2D eigenvalue weighted by Gasteiger charge is 2.13. The average molecular weight is 275 g/mol. The Morgan fingerprint density at radius 1 is 1.24 bits per heavy atom. The van der Waals surface area contributed by atoms with Crippen LogP contribution in [0, 0.1) is 0 Å². The van der Waals surface area contributed by atoms with Gasteiger partial charge in [0.05, 0.1) is 15.7 Å².